The van der Waals surface area contributed by atoms with E-state index in [1.165, 1.54) is 30.3 Å². The molecule has 124 valence electrons. The van der Waals surface area contributed by atoms with Crippen LogP contribution in [0.4, 0.5) is 0 Å². The van der Waals surface area contributed by atoms with Crippen LogP contribution in [0.3, 0.4) is 0 Å². The molecule has 8 nitrogen and oxygen atoms in total. The van der Waals surface area contributed by atoms with Crippen LogP contribution in [-0.2, 0) is 9.53 Å². The van der Waals surface area contributed by atoms with Gasteiger partial charge in [-0.2, -0.15) is 0 Å². The molecule has 1 aromatic rings. The highest BCUT2D eigenvalue weighted by atomic mass is 16.5. The molecular formula is C15H20N4O4. The van der Waals surface area contributed by atoms with Crippen molar-refractivity contribution in [1.29, 1.82) is 0 Å². The number of nitrogens with zero attached hydrogens (tertiary/aromatic N) is 3. The molecule has 1 aromatic heterocycles. The maximum atomic E-state index is 12.3. The van der Waals surface area contributed by atoms with Gasteiger partial charge in [-0.15, -0.1) is 0 Å². The lowest BCUT2D eigenvalue weighted by atomic mass is 10.2. The molecule has 0 bridgehead atoms. The normalized spacial score (nSPS) is 14.3. The zero-order valence-electron chi connectivity index (χ0n) is 13.2. The number of rotatable bonds is 4. The zero-order chi connectivity index (χ0) is 16.8. The Morgan fingerprint density at radius 3 is 2.57 bits per heavy atom. The molecule has 1 fully saturated rings. The second-order valence-corrected chi connectivity index (χ2v) is 5.17. The Bertz CT molecular complexity index is 582. The molecule has 0 radical (unpaired) electrons. The van der Waals surface area contributed by atoms with Gasteiger partial charge in [0.05, 0.1) is 25.3 Å². The Labute approximate surface area is 134 Å². The third kappa shape index (κ3) is 4.26. The van der Waals surface area contributed by atoms with Crippen LogP contribution in [0, 0.1) is 0 Å². The fourth-order valence-corrected chi connectivity index (χ4v) is 2.19. The van der Waals surface area contributed by atoms with Crippen LogP contribution in [0.5, 0.6) is 0 Å². The van der Waals surface area contributed by atoms with Crippen LogP contribution in [0.25, 0.3) is 0 Å². The number of morpholine rings is 1. The van der Waals surface area contributed by atoms with E-state index in [1.54, 1.807) is 11.9 Å². The van der Waals surface area contributed by atoms with E-state index in [2.05, 4.69) is 10.3 Å². The molecule has 3 amide bonds. The number of pyridine rings is 1. The molecule has 8 heteroatoms. The van der Waals surface area contributed by atoms with Crippen LogP contribution in [0.1, 0.15) is 20.8 Å². The molecule has 2 rings (SSSR count). The highest BCUT2D eigenvalue weighted by Crippen LogP contribution is 2.05. The quantitative estimate of drug-likeness (QED) is 0.798. The van der Waals surface area contributed by atoms with E-state index < -0.39 is 0 Å². The lowest BCUT2D eigenvalue weighted by molar-refractivity contribution is -0.135. The molecule has 0 saturated carbocycles. The van der Waals surface area contributed by atoms with Crippen molar-refractivity contribution in [3.63, 3.8) is 0 Å². The minimum Gasteiger partial charge on any atom is -0.378 e. The maximum Gasteiger partial charge on any atom is 0.269 e. The molecule has 0 spiro atoms. The number of likely N-dealkylation sites (N-methyl/N-ethyl adjacent to an activating group) is 1. The highest BCUT2D eigenvalue weighted by molar-refractivity contribution is 5.97. The number of aromatic nitrogens is 1. The van der Waals surface area contributed by atoms with Gasteiger partial charge in [0.1, 0.15) is 5.69 Å². The van der Waals surface area contributed by atoms with Crippen molar-refractivity contribution >= 4 is 17.7 Å². The van der Waals surface area contributed by atoms with E-state index in [-0.39, 0.29) is 30.0 Å². The van der Waals surface area contributed by atoms with Crippen molar-refractivity contribution in [1.82, 2.24) is 20.1 Å². The van der Waals surface area contributed by atoms with E-state index >= 15 is 0 Å². The lowest BCUT2D eigenvalue weighted by Crippen LogP contribution is -2.46. The first-order valence-electron chi connectivity index (χ1n) is 7.32. The van der Waals surface area contributed by atoms with Gasteiger partial charge in [-0.25, -0.2) is 0 Å². The van der Waals surface area contributed by atoms with Crippen molar-refractivity contribution in [2.45, 2.75) is 0 Å². The summed E-state index contributed by atoms with van der Waals surface area (Å²) in [5.41, 5.74) is 0.561. The fraction of sp³-hybridized carbons (Fsp3) is 0.467. The van der Waals surface area contributed by atoms with Gasteiger partial charge in [0.15, 0.2) is 0 Å². The van der Waals surface area contributed by atoms with Crippen LogP contribution in [-0.4, -0.2) is 79.4 Å². The van der Waals surface area contributed by atoms with Crippen molar-refractivity contribution < 1.29 is 19.1 Å². The Kier molecular flexibility index (Phi) is 5.64. The van der Waals surface area contributed by atoms with Crippen molar-refractivity contribution in [2.24, 2.45) is 0 Å². The first-order chi connectivity index (χ1) is 11.0. The van der Waals surface area contributed by atoms with Gasteiger partial charge in [-0.1, -0.05) is 0 Å². The summed E-state index contributed by atoms with van der Waals surface area (Å²) in [4.78, 5) is 42.8. The van der Waals surface area contributed by atoms with Gasteiger partial charge >= 0.3 is 0 Å². The summed E-state index contributed by atoms with van der Waals surface area (Å²) >= 11 is 0. The third-order valence-corrected chi connectivity index (χ3v) is 3.55. The SMILES string of the molecule is CNC(=O)c1ccc(C(=O)N(C)CC(=O)N2CCOCC2)cn1. The topological polar surface area (TPSA) is 91.8 Å². The van der Waals surface area contributed by atoms with Crippen molar-refractivity contribution in [2.75, 3.05) is 46.9 Å². The Hall–Kier alpha value is -2.48. The molecule has 1 N–H and O–H groups in total. The van der Waals surface area contributed by atoms with Crippen LogP contribution >= 0.6 is 0 Å². The number of hydrogen-bond donors (Lipinski definition) is 1. The predicted molar refractivity (Wildman–Crippen MR) is 82.0 cm³/mol. The minimum atomic E-state index is -0.320. The Balaban J connectivity index is 1.96. The predicted octanol–water partition coefficient (Wildman–Crippen LogP) is -0.628. The summed E-state index contributed by atoms with van der Waals surface area (Å²) in [7, 11) is 3.07. The maximum absolute atomic E-state index is 12.3. The van der Waals surface area contributed by atoms with Crippen LogP contribution in [0.2, 0.25) is 0 Å². The van der Waals surface area contributed by atoms with Gasteiger partial charge in [0.25, 0.3) is 11.8 Å². The number of ether oxygens (including phenoxy) is 1. The van der Waals surface area contributed by atoms with Gasteiger partial charge < -0.3 is 19.9 Å². The lowest BCUT2D eigenvalue weighted by Gasteiger charge is -2.28. The summed E-state index contributed by atoms with van der Waals surface area (Å²) in [6, 6.07) is 3.00. The second kappa shape index (κ2) is 7.68. The number of amides is 3. The van der Waals surface area contributed by atoms with E-state index in [0.29, 0.717) is 31.9 Å². The number of carbonyl (C=O) groups is 3. The van der Waals surface area contributed by atoms with Crippen LogP contribution < -0.4 is 5.32 Å². The summed E-state index contributed by atoms with van der Waals surface area (Å²) in [5.74, 6) is -0.749. The minimum absolute atomic E-state index is 0.00394. The first-order valence-corrected chi connectivity index (χ1v) is 7.32. The molecule has 1 aliphatic rings. The summed E-state index contributed by atoms with van der Waals surface area (Å²) in [5, 5.41) is 2.46. The highest BCUT2D eigenvalue weighted by Gasteiger charge is 2.21. The Morgan fingerprint density at radius 2 is 2.00 bits per heavy atom. The molecular weight excluding hydrogens is 300 g/mol. The smallest absolute Gasteiger partial charge is 0.269 e. The third-order valence-electron chi connectivity index (χ3n) is 3.55. The fourth-order valence-electron chi connectivity index (χ4n) is 2.19. The summed E-state index contributed by atoms with van der Waals surface area (Å²) < 4.78 is 5.20. The van der Waals surface area contributed by atoms with Gasteiger partial charge in [-0.05, 0) is 12.1 Å². The number of carbonyl (C=O) groups excluding carboxylic acids is 3. The molecule has 0 aromatic carbocycles. The van der Waals surface area contributed by atoms with E-state index in [0.717, 1.165) is 0 Å². The second-order valence-electron chi connectivity index (χ2n) is 5.17. The number of nitrogens with one attached hydrogen (secondary N) is 1. The Morgan fingerprint density at radius 1 is 1.30 bits per heavy atom. The average Bonchev–Trinajstić information content (AvgIpc) is 2.61. The molecule has 1 aliphatic heterocycles. The monoisotopic (exact) mass is 320 g/mol. The van der Waals surface area contributed by atoms with Crippen molar-refractivity contribution in [3.05, 3.63) is 29.6 Å². The van der Waals surface area contributed by atoms with Crippen molar-refractivity contribution in [3.8, 4) is 0 Å². The van der Waals surface area contributed by atoms with Gasteiger partial charge in [0, 0.05) is 33.4 Å². The zero-order valence-corrected chi connectivity index (χ0v) is 13.2. The molecule has 0 unspecified atom stereocenters. The largest absolute Gasteiger partial charge is 0.378 e. The van der Waals surface area contributed by atoms with Crippen LogP contribution in [0.15, 0.2) is 18.3 Å². The molecule has 0 aliphatic carbocycles. The average molecular weight is 320 g/mol. The van der Waals surface area contributed by atoms with E-state index in [9.17, 15) is 14.4 Å². The molecule has 1 saturated heterocycles. The molecule has 0 atom stereocenters. The number of hydrogen-bond acceptors (Lipinski definition) is 5. The standard InChI is InChI=1S/C15H20N4O4/c1-16-14(21)12-4-3-11(9-17-12)15(22)18(2)10-13(20)19-5-7-23-8-6-19/h3-4,9H,5-8,10H2,1-2H3,(H,16,21). The van der Waals surface area contributed by atoms with E-state index in [1.807, 2.05) is 0 Å². The van der Waals surface area contributed by atoms with E-state index in [4.69, 9.17) is 4.74 Å². The van der Waals surface area contributed by atoms with Gasteiger partial charge in [0.2, 0.25) is 5.91 Å². The summed E-state index contributed by atoms with van der Waals surface area (Å²) in [6.07, 6.45) is 1.34. The van der Waals surface area contributed by atoms with Gasteiger partial charge in [-0.3, -0.25) is 19.4 Å². The molecule has 2 heterocycles. The molecule has 23 heavy (non-hydrogen) atoms. The first kappa shape index (κ1) is 16.9. The summed E-state index contributed by atoms with van der Waals surface area (Å²) in [6.45, 7) is 2.13.